The van der Waals surface area contributed by atoms with Gasteiger partial charge in [-0.15, -0.1) is 0 Å². The van der Waals surface area contributed by atoms with Crippen molar-refractivity contribution >= 4 is 65.1 Å². The lowest BCUT2D eigenvalue weighted by Crippen LogP contribution is -2.62. The molecule has 1 aromatic carbocycles. The maximum atomic E-state index is 14.2. The van der Waals surface area contributed by atoms with Crippen LogP contribution in [-0.4, -0.2) is 185 Å². The van der Waals surface area contributed by atoms with E-state index >= 15 is 0 Å². The highest BCUT2D eigenvalue weighted by Gasteiger charge is 2.37. The normalized spacial score (nSPS) is 15.2. The largest absolute Gasteiger partial charge is 0.481 e. The van der Waals surface area contributed by atoms with Crippen LogP contribution in [0.25, 0.3) is 0 Å². The van der Waals surface area contributed by atoms with E-state index in [4.69, 9.17) is 33.8 Å². The molecule has 0 fully saturated rings. The zero-order chi connectivity index (χ0) is 61.9. The van der Waals surface area contributed by atoms with Crippen LogP contribution in [0.15, 0.2) is 30.3 Å². The van der Waals surface area contributed by atoms with Crippen LogP contribution in [0.1, 0.15) is 123 Å². The Morgan fingerprint density at radius 3 is 1.18 bits per heavy atom. The Morgan fingerprint density at radius 2 is 0.817 bits per heavy atom. The zero-order valence-corrected chi connectivity index (χ0v) is 47.6. The van der Waals surface area contributed by atoms with E-state index in [1.807, 2.05) is 49.5 Å². The van der Waals surface area contributed by atoms with Gasteiger partial charge in [0.05, 0.1) is 31.2 Å². The Balaban J connectivity index is 3.39. The number of carbonyl (C=O) groups is 11. The predicted octanol–water partition coefficient (Wildman–Crippen LogP) is -4.57. The molecule has 0 aliphatic heterocycles. The first-order valence-electron chi connectivity index (χ1n) is 27.9. The van der Waals surface area contributed by atoms with Crippen molar-refractivity contribution in [2.45, 2.75) is 191 Å². The van der Waals surface area contributed by atoms with Crippen molar-refractivity contribution in [2.75, 3.05) is 32.7 Å². The number of carboxylic acids is 2. The molecule has 0 bridgehead atoms. The highest BCUT2D eigenvalue weighted by Crippen LogP contribution is 2.12. The van der Waals surface area contributed by atoms with Gasteiger partial charge in [0.15, 0.2) is 0 Å². The summed E-state index contributed by atoms with van der Waals surface area (Å²) >= 11 is 0. The van der Waals surface area contributed by atoms with Crippen LogP contribution in [0.5, 0.6) is 0 Å². The zero-order valence-electron chi connectivity index (χ0n) is 47.6. The Bertz CT molecular complexity index is 2190. The summed E-state index contributed by atoms with van der Waals surface area (Å²) in [6, 6.07) is -4.01. The molecule has 0 aliphatic rings. The van der Waals surface area contributed by atoms with Crippen LogP contribution < -0.4 is 76.5 Å². The predicted molar refractivity (Wildman–Crippen MR) is 301 cm³/mol. The van der Waals surface area contributed by atoms with E-state index in [-0.39, 0.29) is 83.5 Å². The van der Waals surface area contributed by atoms with E-state index in [1.54, 1.807) is 0 Å². The topological polar surface area (TPSA) is 507 Å². The second-order valence-electron chi connectivity index (χ2n) is 20.6. The van der Waals surface area contributed by atoms with E-state index < -0.39 is 145 Å². The standard InChI is InChI=1S/C53H92N14O15/c1-30(2)26-39(64-45(73)34(58)27-33-16-6-5-7-17-33)46(74)59-29-41(70)60-35(18-8-12-22-54)47(75)61-36(19-9-13-23-55)48(76)62-37(20-10-14-24-56)49(77)66-43(31(3)68)51(79)63-38(21-11-15-25-57)50(78)67-44(32(4)69)52(80)65-40(53(81)82)28-42(71)72/h5-7,16-17,30-32,34-40,43-44,68-69H,8-15,18-29,54-58H2,1-4H3,(H,59,74)(H,60,70)(H,61,75)(H,62,76)(H,63,79)(H,64,73)(H,65,80)(H,66,77)(H,67,78)(H,71,72)(H,81,82)/t31-,32-,34+,35+,36+,37+,38+,39+,40+,43+,44+/m1/s1. The molecule has 0 saturated carbocycles. The molecule has 9 amide bonds. The number of unbranched alkanes of at least 4 members (excludes halogenated alkanes) is 4. The molecule has 82 heavy (non-hydrogen) atoms. The summed E-state index contributed by atoms with van der Waals surface area (Å²) in [5, 5.41) is 62.0. The number of benzene rings is 1. The van der Waals surface area contributed by atoms with Gasteiger partial charge in [0.1, 0.15) is 48.3 Å². The third-order valence-electron chi connectivity index (χ3n) is 12.9. The van der Waals surface area contributed by atoms with Gasteiger partial charge in [0, 0.05) is 0 Å². The van der Waals surface area contributed by atoms with Gasteiger partial charge >= 0.3 is 11.9 Å². The molecular formula is C53H92N14O15. The molecule has 464 valence electrons. The lowest BCUT2D eigenvalue weighted by atomic mass is 10.0. The van der Waals surface area contributed by atoms with Crippen LogP contribution in [0, 0.1) is 5.92 Å². The summed E-state index contributed by atoms with van der Waals surface area (Å²) in [4.78, 5) is 146. The second-order valence-corrected chi connectivity index (χ2v) is 20.6. The SMILES string of the molecule is CC(C)C[C@H](NC(=O)[C@@H](N)Cc1ccccc1)C(=O)NCC(=O)N[C@@H](CCCCN)C(=O)N[C@@H](CCCCN)C(=O)N[C@@H](CCCCN)C(=O)N[C@H](C(=O)N[C@@H](CCCCN)C(=O)N[C@H](C(=O)N[C@@H](CC(=O)O)C(=O)O)[C@@H](C)O)[C@@H](C)O. The summed E-state index contributed by atoms with van der Waals surface area (Å²) in [6.07, 6.45) is -1.22. The van der Waals surface area contributed by atoms with Gasteiger partial charge in [-0.1, -0.05) is 44.2 Å². The molecule has 29 heteroatoms. The molecule has 23 N–H and O–H groups in total. The third kappa shape index (κ3) is 29.2. The summed E-state index contributed by atoms with van der Waals surface area (Å²) in [7, 11) is 0. The fraction of sp³-hybridized carbons (Fsp3) is 0.679. The van der Waals surface area contributed by atoms with Gasteiger partial charge in [0.2, 0.25) is 53.2 Å². The van der Waals surface area contributed by atoms with Crippen molar-refractivity contribution in [3.63, 3.8) is 0 Å². The van der Waals surface area contributed by atoms with Crippen LogP contribution in [-0.2, 0) is 59.2 Å². The fourth-order valence-corrected chi connectivity index (χ4v) is 8.29. The monoisotopic (exact) mass is 1160 g/mol. The minimum absolute atomic E-state index is 0.00969. The number of hydrogen-bond donors (Lipinski definition) is 18. The van der Waals surface area contributed by atoms with Gasteiger partial charge < -0.3 is 96.9 Å². The first-order valence-corrected chi connectivity index (χ1v) is 27.9. The number of amides is 9. The minimum atomic E-state index is -1.93. The maximum absolute atomic E-state index is 14.2. The molecule has 11 atom stereocenters. The number of rotatable bonds is 43. The van der Waals surface area contributed by atoms with E-state index in [1.165, 1.54) is 0 Å². The van der Waals surface area contributed by atoms with Crippen molar-refractivity contribution < 1.29 is 73.2 Å². The van der Waals surface area contributed by atoms with Gasteiger partial charge in [-0.2, -0.15) is 0 Å². The van der Waals surface area contributed by atoms with Gasteiger partial charge in [0.25, 0.3) is 0 Å². The molecule has 0 heterocycles. The summed E-state index contributed by atoms with van der Waals surface area (Å²) in [5.74, 6) is -11.4. The van der Waals surface area contributed by atoms with Gasteiger partial charge in [-0.05, 0) is 141 Å². The molecule has 0 spiro atoms. The average Bonchev–Trinajstić information content (AvgIpc) is 3.44. The summed E-state index contributed by atoms with van der Waals surface area (Å²) in [6.45, 7) is 6.22. The van der Waals surface area contributed by atoms with Crippen LogP contribution in [0.3, 0.4) is 0 Å². The summed E-state index contributed by atoms with van der Waals surface area (Å²) in [5.41, 5.74) is 29.9. The van der Waals surface area contributed by atoms with Crippen molar-refractivity contribution in [1.82, 2.24) is 47.9 Å². The molecule has 0 aliphatic carbocycles. The average molecular weight is 1170 g/mol. The van der Waals surface area contributed by atoms with Gasteiger partial charge in [-0.3, -0.25) is 47.9 Å². The Morgan fingerprint density at radius 1 is 0.451 bits per heavy atom. The molecule has 0 radical (unpaired) electrons. The van der Waals surface area contributed by atoms with Crippen molar-refractivity contribution in [3.8, 4) is 0 Å². The van der Waals surface area contributed by atoms with Crippen molar-refractivity contribution in [3.05, 3.63) is 35.9 Å². The third-order valence-corrected chi connectivity index (χ3v) is 12.9. The minimum Gasteiger partial charge on any atom is -0.481 e. The molecule has 0 aromatic heterocycles. The van der Waals surface area contributed by atoms with E-state index in [0.29, 0.717) is 38.5 Å². The molecule has 1 rings (SSSR count). The second kappa shape index (κ2) is 40.3. The highest BCUT2D eigenvalue weighted by atomic mass is 16.4. The van der Waals surface area contributed by atoms with Crippen molar-refractivity contribution in [1.29, 1.82) is 0 Å². The number of carboxylic acid groups (broad SMARTS) is 2. The Kier molecular flexibility index (Phi) is 36.0. The van der Waals surface area contributed by atoms with Gasteiger partial charge in [-0.25, -0.2) is 4.79 Å². The first-order chi connectivity index (χ1) is 38.8. The first kappa shape index (κ1) is 73.1. The number of aliphatic hydroxyl groups is 2. The van der Waals surface area contributed by atoms with Crippen LogP contribution >= 0.6 is 0 Å². The number of nitrogens with one attached hydrogen (secondary N) is 9. The molecule has 0 saturated heterocycles. The number of carbonyl (C=O) groups excluding carboxylic acids is 9. The number of aliphatic carboxylic acids is 2. The quantitative estimate of drug-likeness (QED) is 0.0274. The molecule has 0 unspecified atom stereocenters. The van der Waals surface area contributed by atoms with E-state index in [9.17, 15) is 68.1 Å². The molecule has 29 nitrogen and oxygen atoms in total. The van der Waals surface area contributed by atoms with Crippen LogP contribution in [0.2, 0.25) is 0 Å². The number of hydrogen-bond acceptors (Lipinski definition) is 18. The van der Waals surface area contributed by atoms with E-state index in [0.717, 1.165) is 19.4 Å². The number of aliphatic hydroxyl groups excluding tert-OH is 2. The van der Waals surface area contributed by atoms with Crippen LogP contribution in [0.4, 0.5) is 0 Å². The smallest absolute Gasteiger partial charge is 0.326 e. The lowest BCUT2D eigenvalue weighted by Gasteiger charge is -2.29. The Labute approximate surface area is 478 Å². The molecular weight excluding hydrogens is 1070 g/mol. The maximum Gasteiger partial charge on any atom is 0.326 e. The van der Waals surface area contributed by atoms with E-state index in [2.05, 4.69) is 42.5 Å². The number of nitrogens with two attached hydrogens (primary N) is 5. The summed E-state index contributed by atoms with van der Waals surface area (Å²) < 4.78 is 0. The Hall–Kier alpha value is -6.89. The van der Waals surface area contributed by atoms with Crippen molar-refractivity contribution in [2.24, 2.45) is 34.6 Å². The molecule has 1 aromatic rings. The highest BCUT2D eigenvalue weighted by molar-refractivity contribution is 5.98. The fourth-order valence-electron chi connectivity index (χ4n) is 8.29. The lowest BCUT2D eigenvalue weighted by molar-refractivity contribution is -0.148.